The average molecular weight is 535 g/mol. The molecule has 0 saturated carbocycles. The van der Waals surface area contributed by atoms with Crippen molar-refractivity contribution in [3.05, 3.63) is 99.5 Å². The minimum Gasteiger partial charge on any atom is -0.496 e. The Bertz CT molecular complexity index is 1190. The van der Waals surface area contributed by atoms with Crippen LogP contribution >= 0.6 is 15.9 Å². The number of nitrogens with zero attached hydrogens (tertiary/aromatic N) is 2. The monoisotopic (exact) mass is 534 g/mol. The number of rotatable bonds is 8. The highest BCUT2D eigenvalue weighted by molar-refractivity contribution is 9.10. The second kappa shape index (κ2) is 12.0. The van der Waals surface area contributed by atoms with Crippen LogP contribution in [0.4, 0.5) is 0 Å². The number of carbonyl (C=O) groups is 1. The van der Waals surface area contributed by atoms with Gasteiger partial charge in [-0.05, 0) is 60.0 Å². The van der Waals surface area contributed by atoms with E-state index in [0.717, 1.165) is 65.4 Å². The van der Waals surface area contributed by atoms with E-state index in [1.54, 1.807) is 13.2 Å². The van der Waals surface area contributed by atoms with Gasteiger partial charge in [0.05, 0.1) is 7.11 Å². The van der Waals surface area contributed by atoms with Gasteiger partial charge in [-0.15, -0.1) is 0 Å². The van der Waals surface area contributed by atoms with Gasteiger partial charge in [0.2, 0.25) is 5.91 Å². The van der Waals surface area contributed by atoms with Crippen LogP contribution in [0.15, 0.2) is 77.3 Å². The molecular weight excluding hydrogens is 504 g/mol. The Morgan fingerprint density at radius 3 is 2.51 bits per heavy atom. The van der Waals surface area contributed by atoms with Crippen LogP contribution in [-0.4, -0.2) is 49.0 Å². The molecule has 1 aliphatic heterocycles. The van der Waals surface area contributed by atoms with Crippen molar-refractivity contribution < 1.29 is 14.3 Å². The first-order chi connectivity index (χ1) is 17.0. The van der Waals surface area contributed by atoms with E-state index in [1.807, 2.05) is 66.4 Å². The summed E-state index contributed by atoms with van der Waals surface area (Å²) in [5.41, 5.74) is 4.30. The van der Waals surface area contributed by atoms with Gasteiger partial charge in [0, 0.05) is 48.8 Å². The Hall–Kier alpha value is -3.09. The molecule has 0 radical (unpaired) electrons. The van der Waals surface area contributed by atoms with E-state index in [-0.39, 0.29) is 5.91 Å². The fourth-order valence-corrected chi connectivity index (χ4v) is 4.56. The van der Waals surface area contributed by atoms with Crippen molar-refractivity contribution in [3.8, 4) is 11.5 Å². The van der Waals surface area contributed by atoms with Gasteiger partial charge in [-0.25, -0.2) is 0 Å². The number of carbonyl (C=O) groups excluding carboxylic acids is 1. The number of ether oxygens (including phenoxy) is 2. The summed E-state index contributed by atoms with van der Waals surface area (Å²) >= 11 is 3.62. The van der Waals surface area contributed by atoms with E-state index in [0.29, 0.717) is 6.61 Å². The fraction of sp³-hybridized carbons (Fsp3) is 0.276. The van der Waals surface area contributed by atoms with Crippen molar-refractivity contribution in [1.82, 2.24) is 9.80 Å². The molecule has 1 amide bonds. The number of amides is 1. The van der Waals surface area contributed by atoms with E-state index in [2.05, 4.69) is 39.0 Å². The van der Waals surface area contributed by atoms with Crippen molar-refractivity contribution in [3.63, 3.8) is 0 Å². The Morgan fingerprint density at radius 1 is 0.971 bits per heavy atom. The minimum absolute atomic E-state index is 0.0407. The van der Waals surface area contributed by atoms with Crippen LogP contribution in [0.3, 0.4) is 0 Å². The molecule has 0 unspecified atom stereocenters. The lowest BCUT2D eigenvalue weighted by atomic mass is 10.1. The zero-order valence-electron chi connectivity index (χ0n) is 20.2. The summed E-state index contributed by atoms with van der Waals surface area (Å²) in [7, 11) is 1.65. The average Bonchev–Trinajstić information content (AvgIpc) is 2.88. The Labute approximate surface area is 216 Å². The van der Waals surface area contributed by atoms with Gasteiger partial charge in [0.15, 0.2) is 0 Å². The second-order valence-electron chi connectivity index (χ2n) is 8.70. The van der Waals surface area contributed by atoms with Crippen LogP contribution in [0.1, 0.15) is 22.3 Å². The molecule has 1 fully saturated rings. The molecule has 0 aromatic heterocycles. The maximum atomic E-state index is 12.8. The van der Waals surface area contributed by atoms with E-state index >= 15 is 0 Å². The SMILES string of the molecule is COc1ccc(/C=C/C(=O)N2CCN(Cc3ccccc3Br)CC2)cc1COc1cccc(C)c1. The topological polar surface area (TPSA) is 42.0 Å². The van der Waals surface area contributed by atoms with Gasteiger partial charge < -0.3 is 14.4 Å². The lowest BCUT2D eigenvalue weighted by Gasteiger charge is -2.34. The standard InChI is InChI=1S/C29H31BrN2O3/c1-22-6-5-8-26(18-22)35-21-25-19-23(10-12-28(25)34-2)11-13-29(33)32-16-14-31(15-17-32)20-24-7-3-4-9-27(24)30/h3-13,18-19H,14-17,20-21H2,1-2H3/b13-11+. The van der Waals surface area contributed by atoms with Crippen LogP contribution < -0.4 is 9.47 Å². The molecule has 0 N–H and O–H groups in total. The minimum atomic E-state index is 0.0407. The molecule has 0 bridgehead atoms. The first kappa shape index (κ1) is 25.0. The predicted molar refractivity (Wildman–Crippen MR) is 144 cm³/mol. The van der Waals surface area contributed by atoms with Crippen LogP contribution in [-0.2, 0) is 17.9 Å². The maximum absolute atomic E-state index is 12.8. The molecule has 3 aromatic carbocycles. The van der Waals surface area contributed by atoms with Gasteiger partial charge in [0.25, 0.3) is 0 Å². The summed E-state index contributed by atoms with van der Waals surface area (Å²) in [6.07, 6.45) is 3.53. The van der Waals surface area contributed by atoms with Crippen molar-refractivity contribution in [2.75, 3.05) is 33.3 Å². The highest BCUT2D eigenvalue weighted by atomic mass is 79.9. The highest BCUT2D eigenvalue weighted by Crippen LogP contribution is 2.24. The van der Waals surface area contributed by atoms with Gasteiger partial charge in [-0.1, -0.05) is 52.3 Å². The van der Waals surface area contributed by atoms with Crippen molar-refractivity contribution >= 4 is 27.9 Å². The first-order valence-electron chi connectivity index (χ1n) is 11.8. The summed E-state index contributed by atoms with van der Waals surface area (Å²) in [5.74, 6) is 1.63. The summed E-state index contributed by atoms with van der Waals surface area (Å²) < 4.78 is 12.6. The molecule has 5 nitrogen and oxygen atoms in total. The molecule has 0 atom stereocenters. The third-order valence-electron chi connectivity index (χ3n) is 6.14. The zero-order chi connectivity index (χ0) is 24.6. The lowest BCUT2D eigenvalue weighted by molar-refractivity contribution is -0.127. The number of benzene rings is 3. The highest BCUT2D eigenvalue weighted by Gasteiger charge is 2.20. The van der Waals surface area contributed by atoms with Crippen molar-refractivity contribution in [1.29, 1.82) is 0 Å². The van der Waals surface area contributed by atoms with Gasteiger partial charge in [-0.2, -0.15) is 0 Å². The van der Waals surface area contributed by atoms with Crippen LogP contribution in [0.25, 0.3) is 6.08 Å². The molecule has 35 heavy (non-hydrogen) atoms. The largest absolute Gasteiger partial charge is 0.496 e. The first-order valence-corrected chi connectivity index (χ1v) is 12.6. The number of halogens is 1. The van der Waals surface area contributed by atoms with E-state index in [9.17, 15) is 4.79 Å². The molecule has 182 valence electrons. The maximum Gasteiger partial charge on any atom is 0.246 e. The fourth-order valence-electron chi connectivity index (χ4n) is 4.15. The Morgan fingerprint density at radius 2 is 1.77 bits per heavy atom. The van der Waals surface area contributed by atoms with Gasteiger partial charge >= 0.3 is 0 Å². The predicted octanol–water partition coefficient (Wildman–Crippen LogP) is 5.70. The van der Waals surface area contributed by atoms with E-state index < -0.39 is 0 Å². The summed E-state index contributed by atoms with van der Waals surface area (Å²) in [5, 5.41) is 0. The van der Waals surface area contributed by atoms with Crippen molar-refractivity contribution in [2.24, 2.45) is 0 Å². The van der Waals surface area contributed by atoms with Crippen LogP contribution in [0.5, 0.6) is 11.5 Å². The quantitative estimate of drug-likeness (QED) is 0.347. The van der Waals surface area contributed by atoms with E-state index in [1.165, 1.54) is 5.56 Å². The molecule has 0 spiro atoms. The van der Waals surface area contributed by atoms with Crippen LogP contribution in [0.2, 0.25) is 0 Å². The smallest absolute Gasteiger partial charge is 0.246 e. The second-order valence-corrected chi connectivity index (χ2v) is 9.56. The molecule has 3 aromatic rings. The molecule has 1 heterocycles. The van der Waals surface area contributed by atoms with Gasteiger partial charge in [0.1, 0.15) is 18.1 Å². The molecule has 4 rings (SSSR count). The molecule has 1 saturated heterocycles. The molecule has 6 heteroatoms. The molecule has 0 aliphatic carbocycles. The van der Waals surface area contributed by atoms with Gasteiger partial charge in [-0.3, -0.25) is 9.69 Å². The third-order valence-corrected chi connectivity index (χ3v) is 6.92. The lowest BCUT2D eigenvalue weighted by Crippen LogP contribution is -2.47. The summed E-state index contributed by atoms with van der Waals surface area (Å²) in [4.78, 5) is 17.1. The molecular formula is C29H31BrN2O3. The summed E-state index contributed by atoms with van der Waals surface area (Å²) in [6.45, 7) is 6.50. The molecule has 1 aliphatic rings. The number of piperazine rings is 1. The number of hydrogen-bond acceptors (Lipinski definition) is 4. The van der Waals surface area contributed by atoms with Crippen molar-refractivity contribution in [2.45, 2.75) is 20.1 Å². The number of methoxy groups -OCH3 is 1. The Kier molecular flexibility index (Phi) is 8.61. The van der Waals surface area contributed by atoms with Crippen LogP contribution in [0, 0.1) is 6.92 Å². The third kappa shape index (κ3) is 6.96. The zero-order valence-corrected chi connectivity index (χ0v) is 21.8. The normalized spacial score (nSPS) is 14.3. The number of hydrogen-bond donors (Lipinski definition) is 0. The van der Waals surface area contributed by atoms with E-state index in [4.69, 9.17) is 9.47 Å². The Balaban J connectivity index is 1.33. The number of aryl methyl sites for hydroxylation is 1. The summed E-state index contributed by atoms with van der Waals surface area (Å²) in [6, 6.07) is 22.1.